The Morgan fingerprint density at radius 1 is 1.36 bits per heavy atom. The third-order valence-corrected chi connectivity index (χ3v) is 6.53. The number of carbonyl (C=O) groups is 1. The molecule has 0 spiro atoms. The summed E-state index contributed by atoms with van der Waals surface area (Å²) in [7, 11) is 0. The number of H-pyrrole nitrogens is 1. The lowest BCUT2D eigenvalue weighted by molar-refractivity contribution is -0.132. The van der Waals surface area contributed by atoms with Crippen molar-refractivity contribution in [2.75, 3.05) is 37.7 Å². The number of morpholine rings is 1. The molecule has 1 N–H and O–H groups in total. The molecule has 2 aliphatic rings. The summed E-state index contributed by atoms with van der Waals surface area (Å²) in [6.45, 7) is 5.37. The average molecular weight is 403 g/mol. The first kappa shape index (κ1) is 19.1. The summed E-state index contributed by atoms with van der Waals surface area (Å²) in [5.74, 6) is 0.713. The fourth-order valence-corrected chi connectivity index (χ4v) is 4.91. The molecule has 1 amide bonds. The van der Waals surface area contributed by atoms with E-state index in [0.717, 1.165) is 32.5 Å². The van der Waals surface area contributed by atoms with Crippen LogP contribution in [0.1, 0.15) is 41.4 Å². The molecule has 4 heterocycles. The molecule has 0 radical (unpaired) electrons. The molecule has 2 fully saturated rings. The second kappa shape index (κ2) is 8.45. The number of anilines is 1. The average Bonchev–Trinajstić information content (AvgIpc) is 3.39. The standard InChI is InChI=1S/C20H26N4O3S/c1-14-15(19(26)22-20(21-14)23-9-11-27-12-10-23)6-7-18(25)24-8-2-4-16(24)17-5-3-13-28-17/h3,5,13,16H,2,4,6-12H2,1H3,(H,21,22,26). The lowest BCUT2D eigenvalue weighted by atomic mass is 10.1. The van der Waals surface area contributed by atoms with Crippen molar-refractivity contribution >= 4 is 23.2 Å². The number of nitrogens with one attached hydrogen (secondary N) is 1. The highest BCUT2D eigenvalue weighted by Gasteiger charge is 2.30. The molecule has 2 aromatic rings. The number of aromatic amines is 1. The number of aryl methyl sites for hydroxylation is 1. The van der Waals surface area contributed by atoms with Crippen molar-refractivity contribution in [3.05, 3.63) is 44.0 Å². The molecule has 2 saturated heterocycles. The predicted molar refractivity (Wildman–Crippen MR) is 109 cm³/mol. The highest BCUT2D eigenvalue weighted by atomic mass is 32.1. The third kappa shape index (κ3) is 3.98. The van der Waals surface area contributed by atoms with Gasteiger partial charge >= 0.3 is 0 Å². The number of likely N-dealkylation sites (tertiary alicyclic amines) is 1. The summed E-state index contributed by atoms with van der Waals surface area (Å²) in [6.07, 6.45) is 2.81. The van der Waals surface area contributed by atoms with Crippen LogP contribution in [0.5, 0.6) is 0 Å². The molecule has 0 aromatic carbocycles. The van der Waals surface area contributed by atoms with E-state index in [1.807, 2.05) is 22.8 Å². The van der Waals surface area contributed by atoms with Crippen LogP contribution in [0.2, 0.25) is 0 Å². The van der Waals surface area contributed by atoms with Crippen LogP contribution in [0, 0.1) is 6.92 Å². The van der Waals surface area contributed by atoms with Crippen molar-refractivity contribution in [1.82, 2.24) is 14.9 Å². The van der Waals surface area contributed by atoms with E-state index in [0.29, 0.717) is 43.3 Å². The Kier molecular flexibility index (Phi) is 5.77. The van der Waals surface area contributed by atoms with E-state index in [1.54, 1.807) is 11.3 Å². The maximum Gasteiger partial charge on any atom is 0.255 e. The Morgan fingerprint density at radius 2 is 2.18 bits per heavy atom. The van der Waals surface area contributed by atoms with Gasteiger partial charge in [-0.3, -0.25) is 14.6 Å². The zero-order valence-corrected chi connectivity index (χ0v) is 17.0. The number of ether oxygens (including phenoxy) is 1. The topological polar surface area (TPSA) is 78.5 Å². The SMILES string of the molecule is Cc1nc(N2CCOCC2)[nH]c(=O)c1CCC(=O)N1CCCC1c1cccs1. The van der Waals surface area contributed by atoms with Crippen LogP contribution in [0.15, 0.2) is 22.3 Å². The Bertz CT molecular complexity index is 874. The van der Waals surface area contributed by atoms with Crippen LogP contribution in [-0.2, 0) is 16.0 Å². The summed E-state index contributed by atoms with van der Waals surface area (Å²) in [5.41, 5.74) is 1.17. The molecule has 8 heteroatoms. The van der Waals surface area contributed by atoms with Crippen molar-refractivity contribution in [2.24, 2.45) is 0 Å². The fraction of sp³-hybridized carbons (Fsp3) is 0.550. The lowest BCUT2D eigenvalue weighted by Gasteiger charge is -2.27. The first-order valence-electron chi connectivity index (χ1n) is 9.89. The molecule has 4 rings (SSSR count). The van der Waals surface area contributed by atoms with Gasteiger partial charge in [0.15, 0.2) is 0 Å². The zero-order chi connectivity index (χ0) is 19.5. The summed E-state index contributed by atoms with van der Waals surface area (Å²) < 4.78 is 5.35. The zero-order valence-electron chi connectivity index (χ0n) is 16.1. The number of aromatic nitrogens is 2. The Balaban J connectivity index is 1.43. The van der Waals surface area contributed by atoms with E-state index in [2.05, 4.69) is 21.4 Å². The highest BCUT2D eigenvalue weighted by Crippen LogP contribution is 2.34. The van der Waals surface area contributed by atoms with Crippen molar-refractivity contribution in [2.45, 2.75) is 38.6 Å². The van der Waals surface area contributed by atoms with Crippen LogP contribution in [0.4, 0.5) is 5.95 Å². The molecule has 0 aliphatic carbocycles. The maximum absolute atomic E-state index is 12.8. The van der Waals surface area contributed by atoms with Gasteiger partial charge in [0.2, 0.25) is 11.9 Å². The first-order chi connectivity index (χ1) is 13.6. The predicted octanol–water partition coefficient (Wildman–Crippen LogP) is 2.27. The van der Waals surface area contributed by atoms with Gasteiger partial charge in [-0.05, 0) is 37.6 Å². The number of carbonyl (C=O) groups excluding carboxylic acids is 1. The first-order valence-corrected chi connectivity index (χ1v) is 10.8. The van der Waals surface area contributed by atoms with E-state index in [9.17, 15) is 9.59 Å². The maximum atomic E-state index is 12.8. The second-order valence-corrected chi connectivity index (χ2v) is 8.29. The largest absolute Gasteiger partial charge is 0.378 e. The van der Waals surface area contributed by atoms with Crippen LogP contribution in [-0.4, -0.2) is 53.6 Å². The highest BCUT2D eigenvalue weighted by molar-refractivity contribution is 7.10. The molecular weight excluding hydrogens is 376 g/mol. The van der Waals surface area contributed by atoms with Crippen LogP contribution in [0.3, 0.4) is 0 Å². The van der Waals surface area contributed by atoms with Crippen molar-refractivity contribution in [1.29, 1.82) is 0 Å². The Labute approximate surface area is 168 Å². The van der Waals surface area contributed by atoms with Gasteiger partial charge in [-0.15, -0.1) is 11.3 Å². The molecule has 7 nitrogen and oxygen atoms in total. The van der Waals surface area contributed by atoms with Crippen LogP contribution < -0.4 is 10.5 Å². The van der Waals surface area contributed by atoms with E-state index in [1.165, 1.54) is 4.88 Å². The smallest absolute Gasteiger partial charge is 0.255 e. The van der Waals surface area contributed by atoms with Gasteiger partial charge in [-0.1, -0.05) is 6.07 Å². The number of nitrogens with zero attached hydrogens (tertiary/aromatic N) is 3. The van der Waals surface area contributed by atoms with Crippen molar-refractivity contribution in [3.8, 4) is 0 Å². The van der Waals surface area contributed by atoms with E-state index in [4.69, 9.17) is 4.74 Å². The second-order valence-electron chi connectivity index (χ2n) is 7.31. The van der Waals surface area contributed by atoms with Crippen molar-refractivity contribution in [3.63, 3.8) is 0 Å². The molecule has 2 aromatic heterocycles. The number of hydrogen-bond donors (Lipinski definition) is 1. The minimum Gasteiger partial charge on any atom is -0.378 e. The molecule has 1 unspecified atom stereocenters. The number of thiophene rings is 1. The van der Waals surface area contributed by atoms with Gasteiger partial charge in [0, 0.05) is 42.2 Å². The lowest BCUT2D eigenvalue weighted by Crippen LogP contribution is -2.38. The monoisotopic (exact) mass is 402 g/mol. The minimum absolute atomic E-state index is 0.118. The molecule has 28 heavy (non-hydrogen) atoms. The van der Waals surface area contributed by atoms with E-state index in [-0.39, 0.29) is 17.5 Å². The van der Waals surface area contributed by atoms with Gasteiger partial charge in [0.05, 0.1) is 19.3 Å². The summed E-state index contributed by atoms with van der Waals surface area (Å²) in [4.78, 5) is 38.2. The fourth-order valence-electron chi connectivity index (χ4n) is 4.03. The third-order valence-electron chi connectivity index (χ3n) is 5.55. The molecule has 2 aliphatic heterocycles. The van der Waals surface area contributed by atoms with Gasteiger partial charge in [0.25, 0.3) is 5.56 Å². The molecule has 1 atom stereocenters. The molecular formula is C20H26N4O3S. The summed E-state index contributed by atoms with van der Waals surface area (Å²) in [6, 6.07) is 4.32. The molecule has 150 valence electrons. The quantitative estimate of drug-likeness (QED) is 0.830. The Hall–Kier alpha value is -2.19. The van der Waals surface area contributed by atoms with Crippen LogP contribution in [0.25, 0.3) is 0 Å². The number of rotatable bonds is 5. The van der Waals surface area contributed by atoms with Crippen molar-refractivity contribution < 1.29 is 9.53 Å². The number of amides is 1. The molecule has 0 saturated carbocycles. The Morgan fingerprint density at radius 3 is 2.89 bits per heavy atom. The normalized spacial score (nSPS) is 20.0. The summed E-state index contributed by atoms with van der Waals surface area (Å²) in [5, 5.41) is 2.06. The van der Waals surface area contributed by atoms with E-state index >= 15 is 0 Å². The van der Waals surface area contributed by atoms with Gasteiger partial charge in [0.1, 0.15) is 0 Å². The van der Waals surface area contributed by atoms with Gasteiger partial charge in [-0.2, -0.15) is 0 Å². The minimum atomic E-state index is -0.141. The van der Waals surface area contributed by atoms with Gasteiger partial charge in [-0.25, -0.2) is 4.98 Å². The van der Waals surface area contributed by atoms with Crippen LogP contribution >= 0.6 is 11.3 Å². The van der Waals surface area contributed by atoms with E-state index < -0.39 is 0 Å². The summed E-state index contributed by atoms with van der Waals surface area (Å²) >= 11 is 1.70. The van der Waals surface area contributed by atoms with Gasteiger partial charge < -0.3 is 14.5 Å². The molecule has 0 bridgehead atoms. The number of hydrogen-bond acceptors (Lipinski definition) is 6.